The average Bonchev–Trinajstić information content (AvgIpc) is 2.62. The zero-order valence-electron chi connectivity index (χ0n) is 14.0. The minimum Gasteiger partial charge on any atom is -0.452 e. The first-order valence-electron chi connectivity index (χ1n) is 7.78. The smallest absolute Gasteiger partial charge is 0.330 e. The molecule has 1 aromatic carbocycles. The number of benzene rings is 1. The van der Waals surface area contributed by atoms with Crippen molar-refractivity contribution in [2.24, 2.45) is 0 Å². The molecule has 1 saturated heterocycles. The van der Waals surface area contributed by atoms with Crippen LogP contribution in [-0.2, 0) is 24.3 Å². The van der Waals surface area contributed by atoms with Crippen molar-refractivity contribution in [1.82, 2.24) is 9.21 Å². The molecule has 0 radical (unpaired) electrons. The first-order chi connectivity index (χ1) is 12.3. The summed E-state index contributed by atoms with van der Waals surface area (Å²) in [5.41, 5.74) is 0. The summed E-state index contributed by atoms with van der Waals surface area (Å²) in [7, 11) is -3.83. The predicted octanol–water partition coefficient (Wildman–Crippen LogP) is 1.43. The van der Waals surface area contributed by atoms with Gasteiger partial charge in [0.05, 0.1) is 9.92 Å². The molecule has 7 nitrogen and oxygen atoms in total. The van der Waals surface area contributed by atoms with Crippen LogP contribution in [0.1, 0.15) is 6.92 Å². The van der Waals surface area contributed by atoms with Crippen LogP contribution in [0.15, 0.2) is 35.2 Å². The van der Waals surface area contributed by atoms with Crippen LogP contribution in [0.4, 0.5) is 4.39 Å². The zero-order chi connectivity index (χ0) is 19.3. The highest BCUT2D eigenvalue weighted by Gasteiger charge is 2.30. The van der Waals surface area contributed by atoms with Crippen molar-refractivity contribution in [2.75, 3.05) is 32.8 Å². The van der Waals surface area contributed by atoms with E-state index in [2.05, 4.69) is 0 Å². The van der Waals surface area contributed by atoms with Crippen molar-refractivity contribution in [1.29, 1.82) is 0 Å². The highest BCUT2D eigenvalue weighted by Crippen LogP contribution is 2.23. The van der Waals surface area contributed by atoms with E-state index in [0.29, 0.717) is 0 Å². The maximum Gasteiger partial charge on any atom is 0.330 e. The van der Waals surface area contributed by atoms with Crippen molar-refractivity contribution in [3.05, 3.63) is 41.2 Å². The summed E-state index contributed by atoms with van der Waals surface area (Å²) < 4.78 is 44.4. The number of piperazine rings is 1. The molecule has 0 spiro atoms. The Bertz CT molecular complexity index is 820. The van der Waals surface area contributed by atoms with Crippen LogP contribution in [-0.4, -0.2) is 62.3 Å². The molecule has 0 aromatic heterocycles. The van der Waals surface area contributed by atoms with E-state index < -0.39 is 34.3 Å². The van der Waals surface area contributed by atoms with E-state index in [1.807, 2.05) is 0 Å². The lowest BCUT2D eigenvalue weighted by Crippen LogP contribution is -2.51. The van der Waals surface area contributed by atoms with Gasteiger partial charge in [-0.15, -0.1) is 0 Å². The first kappa shape index (κ1) is 20.3. The summed E-state index contributed by atoms with van der Waals surface area (Å²) >= 11 is 5.65. The lowest BCUT2D eigenvalue weighted by molar-refractivity contribution is -0.148. The number of allylic oxidation sites excluding steroid dienone is 1. The number of rotatable bonds is 5. The van der Waals surface area contributed by atoms with Crippen LogP contribution < -0.4 is 0 Å². The third-order valence-electron chi connectivity index (χ3n) is 3.76. The second-order valence-electron chi connectivity index (χ2n) is 5.47. The van der Waals surface area contributed by atoms with Gasteiger partial charge in [-0.25, -0.2) is 17.6 Å². The minimum absolute atomic E-state index is 0.0753. The molecule has 1 fully saturated rings. The lowest BCUT2D eigenvalue weighted by Gasteiger charge is -2.33. The average molecular weight is 405 g/mol. The summed E-state index contributed by atoms with van der Waals surface area (Å²) in [6.45, 7) is 1.72. The number of halogens is 2. The quantitative estimate of drug-likeness (QED) is 0.547. The Balaban J connectivity index is 1.95. The van der Waals surface area contributed by atoms with Crippen molar-refractivity contribution >= 4 is 33.5 Å². The van der Waals surface area contributed by atoms with Gasteiger partial charge in [0.1, 0.15) is 5.82 Å². The normalized spacial score (nSPS) is 16.0. The van der Waals surface area contributed by atoms with Crippen LogP contribution in [0.2, 0.25) is 5.02 Å². The van der Waals surface area contributed by atoms with Crippen molar-refractivity contribution in [3.63, 3.8) is 0 Å². The van der Waals surface area contributed by atoms with Crippen LogP contribution in [0.5, 0.6) is 0 Å². The number of hydrogen-bond donors (Lipinski definition) is 0. The first-order valence-corrected chi connectivity index (χ1v) is 9.60. The minimum atomic E-state index is -3.83. The number of amides is 1. The molecule has 0 atom stereocenters. The van der Waals surface area contributed by atoms with Crippen LogP contribution in [0.25, 0.3) is 0 Å². The van der Waals surface area contributed by atoms with Crippen LogP contribution >= 0.6 is 11.6 Å². The number of esters is 1. The van der Waals surface area contributed by atoms with Crippen molar-refractivity contribution in [3.8, 4) is 0 Å². The highest BCUT2D eigenvalue weighted by atomic mass is 35.5. The summed E-state index contributed by atoms with van der Waals surface area (Å²) in [5.74, 6) is -1.71. The number of carbonyl (C=O) groups is 2. The molecule has 142 valence electrons. The number of sulfonamides is 1. The fourth-order valence-corrected chi connectivity index (χ4v) is 4.07. The van der Waals surface area contributed by atoms with Gasteiger partial charge in [0.15, 0.2) is 6.61 Å². The van der Waals surface area contributed by atoms with Crippen LogP contribution in [0, 0.1) is 5.82 Å². The van der Waals surface area contributed by atoms with Gasteiger partial charge in [0.25, 0.3) is 5.91 Å². The second kappa shape index (κ2) is 8.61. The Morgan fingerprint density at radius 1 is 1.27 bits per heavy atom. The Kier molecular flexibility index (Phi) is 6.74. The molecular weight excluding hydrogens is 387 g/mol. The van der Waals surface area contributed by atoms with Crippen LogP contribution in [0.3, 0.4) is 0 Å². The maximum atomic E-state index is 13.2. The van der Waals surface area contributed by atoms with Gasteiger partial charge < -0.3 is 9.64 Å². The second-order valence-corrected chi connectivity index (χ2v) is 7.81. The van der Waals surface area contributed by atoms with Crippen molar-refractivity contribution < 1.29 is 27.1 Å². The number of carbonyl (C=O) groups excluding carboxylic acids is 2. The van der Waals surface area contributed by atoms with Gasteiger partial charge in [-0.3, -0.25) is 4.79 Å². The molecular formula is C16H18ClFN2O5S. The largest absolute Gasteiger partial charge is 0.452 e. The maximum absolute atomic E-state index is 13.2. The molecule has 0 N–H and O–H groups in total. The molecule has 1 heterocycles. The molecule has 1 aliphatic rings. The Morgan fingerprint density at radius 2 is 1.92 bits per heavy atom. The van der Waals surface area contributed by atoms with Gasteiger partial charge in [-0.2, -0.15) is 4.31 Å². The van der Waals surface area contributed by atoms with E-state index in [-0.39, 0.29) is 36.1 Å². The van der Waals surface area contributed by atoms with Crippen molar-refractivity contribution in [2.45, 2.75) is 11.8 Å². The molecule has 1 aliphatic heterocycles. The van der Waals surface area contributed by atoms with E-state index in [9.17, 15) is 22.4 Å². The van der Waals surface area contributed by atoms with Gasteiger partial charge in [-0.05, 0) is 25.1 Å². The molecule has 0 unspecified atom stereocenters. The molecule has 0 bridgehead atoms. The van der Waals surface area contributed by atoms with Gasteiger partial charge in [-0.1, -0.05) is 17.7 Å². The Labute approximate surface area is 156 Å². The lowest BCUT2D eigenvalue weighted by atomic mass is 10.3. The van der Waals surface area contributed by atoms with Gasteiger partial charge in [0.2, 0.25) is 10.0 Å². The van der Waals surface area contributed by atoms with E-state index in [1.54, 1.807) is 6.92 Å². The summed E-state index contributed by atoms with van der Waals surface area (Å²) in [6.07, 6.45) is 2.70. The monoisotopic (exact) mass is 404 g/mol. The molecule has 1 amide bonds. The van der Waals surface area contributed by atoms with Gasteiger partial charge in [0, 0.05) is 32.3 Å². The van der Waals surface area contributed by atoms with E-state index in [1.165, 1.54) is 21.4 Å². The Hall–Kier alpha value is -1.97. The molecule has 26 heavy (non-hydrogen) atoms. The highest BCUT2D eigenvalue weighted by molar-refractivity contribution is 7.89. The van der Waals surface area contributed by atoms with E-state index in [0.717, 1.165) is 18.2 Å². The molecule has 0 aliphatic carbocycles. The number of ether oxygens (including phenoxy) is 1. The fraction of sp³-hybridized carbons (Fsp3) is 0.375. The summed E-state index contributed by atoms with van der Waals surface area (Å²) in [5, 5.41) is -0.275. The molecule has 0 saturated carbocycles. The SMILES string of the molecule is C/C=C/C(=O)OCC(=O)N1CCN(S(=O)(=O)c2ccc(F)c(Cl)c2)CC1. The standard InChI is InChI=1S/C16H18ClFN2O5S/c1-2-3-16(22)25-11-15(21)19-6-8-20(9-7-19)26(23,24)12-4-5-14(18)13(17)10-12/h2-5,10H,6-9,11H2,1H3/b3-2+. The molecule has 2 rings (SSSR count). The number of nitrogens with zero attached hydrogens (tertiary/aromatic N) is 2. The third-order valence-corrected chi connectivity index (χ3v) is 5.95. The summed E-state index contributed by atoms with van der Waals surface area (Å²) in [6, 6.07) is 3.20. The predicted molar refractivity (Wildman–Crippen MR) is 92.5 cm³/mol. The topological polar surface area (TPSA) is 84.0 Å². The Morgan fingerprint density at radius 3 is 2.50 bits per heavy atom. The molecule has 1 aromatic rings. The number of hydrogen-bond acceptors (Lipinski definition) is 5. The van der Waals surface area contributed by atoms with E-state index >= 15 is 0 Å². The van der Waals surface area contributed by atoms with E-state index in [4.69, 9.17) is 16.3 Å². The fourth-order valence-electron chi connectivity index (χ4n) is 2.37. The zero-order valence-corrected chi connectivity index (χ0v) is 15.6. The molecule has 10 heteroatoms. The van der Waals surface area contributed by atoms with Gasteiger partial charge >= 0.3 is 5.97 Å². The summed E-state index contributed by atoms with van der Waals surface area (Å²) in [4.78, 5) is 24.5. The third kappa shape index (κ3) is 4.80.